The first-order valence-electron chi connectivity index (χ1n) is 7.01. The Morgan fingerprint density at radius 3 is 2.81 bits per heavy atom. The summed E-state index contributed by atoms with van der Waals surface area (Å²) in [5, 5.41) is 0. The summed E-state index contributed by atoms with van der Waals surface area (Å²) in [7, 11) is -2.05. The lowest BCUT2D eigenvalue weighted by molar-refractivity contribution is -0.140. The van der Waals surface area contributed by atoms with E-state index in [4.69, 9.17) is 0 Å². The normalized spacial score (nSPS) is 19.6. The van der Waals surface area contributed by atoms with Crippen LogP contribution in [0.15, 0.2) is 24.5 Å². The van der Waals surface area contributed by atoms with Crippen LogP contribution in [-0.2, 0) is 19.6 Å². The zero-order chi connectivity index (χ0) is 15.3. The molecule has 116 valence electrons. The molecule has 1 unspecified atom stereocenters. The topological polar surface area (TPSA) is 76.6 Å². The van der Waals surface area contributed by atoms with Gasteiger partial charge < -0.3 is 4.74 Å². The standard InChI is InChI=1S/C14H20N2O4S/c1-20-14(17)5-3-11-21(18,19)16-10-2-4-13(16)12-6-8-15-9-7-12/h6-9,13H,2-5,10-11H2,1H3. The molecule has 21 heavy (non-hydrogen) atoms. The highest BCUT2D eigenvalue weighted by atomic mass is 32.2. The van der Waals surface area contributed by atoms with E-state index in [1.54, 1.807) is 16.7 Å². The average Bonchev–Trinajstić information content (AvgIpc) is 2.98. The predicted molar refractivity (Wildman–Crippen MR) is 78.0 cm³/mol. The van der Waals surface area contributed by atoms with E-state index in [-0.39, 0.29) is 30.6 Å². The number of carbonyl (C=O) groups excluding carboxylic acids is 1. The number of carbonyl (C=O) groups is 1. The average molecular weight is 312 g/mol. The van der Waals surface area contributed by atoms with E-state index in [1.807, 2.05) is 12.1 Å². The lowest BCUT2D eigenvalue weighted by atomic mass is 10.1. The molecule has 0 aromatic carbocycles. The van der Waals surface area contributed by atoms with Crippen LogP contribution in [0.4, 0.5) is 0 Å². The highest BCUT2D eigenvalue weighted by Gasteiger charge is 2.34. The number of esters is 1. The summed E-state index contributed by atoms with van der Waals surface area (Å²) in [6, 6.07) is 3.59. The van der Waals surface area contributed by atoms with Crippen LogP contribution < -0.4 is 0 Å². The van der Waals surface area contributed by atoms with E-state index in [2.05, 4.69) is 9.72 Å². The van der Waals surface area contributed by atoms with E-state index in [9.17, 15) is 13.2 Å². The molecule has 2 rings (SSSR count). The molecule has 1 saturated heterocycles. The van der Waals surface area contributed by atoms with Gasteiger partial charge in [0.25, 0.3) is 0 Å². The Labute approximate surface area is 125 Å². The van der Waals surface area contributed by atoms with Gasteiger partial charge in [0.1, 0.15) is 0 Å². The van der Waals surface area contributed by atoms with Crippen molar-refractivity contribution in [3.05, 3.63) is 30.1 Å². The number of aromatic nitrogens is 1. The summed E-state index contributed by atoms with van der Waals surface area (Å²) in [6.45, 7) is 0.535. The summed E-state index contributed by atoms with van der Waals surface area (Å²) in [4.78, 5) is 15.0. The molecule has 0 amide bonds. The third-order valence-electron chi connectivity index (χ3n) is 3.66. The minimum Gasteiger partial charge on any atom is -0.469 e. The Morgan fingerprint density at radius 1 is 1.43 bits per heavy atom. The first-order valence-corrected chi connectivity index (χ1v) is 8.62. The van der Waals surface area contributed by atoms with Crippen LogP contribution in [0.25, 0.3) is 0 Å². The van der Waals surface area contributed by atoms with Gasteiger partial charge in [-0.25, -0.2) is 8.42 Å². The fourth-order valence-corrected chi connectivity index (χ4v) is 4.38. The lowest BCUT2D eigenvalue weighted by Gasteiger charge is -2.24. The fraction of sp³-hybridized carbons (Fsp3) is 0.571. The number of ether oxygens (including phenoxy) is 1. The second-order valence-corrected chi connectivity index (χ2v) is 7.09. The van der Waals surface area contributed by atoms with E-state index < -0.39 is 10.0 Å². The van der Waals surface area contributed by atoms with Gasteiger partial charge >= 0.3 is 5.97 Å². The summed E-state index contributed by atoms with van der Waals surface area (Å²) >= 11 is 0. The molecule has 0 spiro atoms. The van der Waals surface area contributed by atoms with Gasteiger partial charge in [-0.15, -0.1) is 0 Å². The zero-order valence-corrected chi connectivity index (χ0v) is 12.9. The van der Waals surface area contributed by atoms with Crippen LogP contribution in [0.1, 0.15) is 37.3 Å². The van der Waals surface area contributed by atoms with Crippen LogP contribution in [-0.4, -0.2) is 43.1 Å². The van der Waals surface area contributed by atoms with E-state index in [1.165, 1.54) is 7.11 Å². The maximum Gasteiger partial charge on any atom is 0.305 e. The summed E-state index contributed by atoms with van der Waals surface area (Å²) in [5.74, 6) is -0.402. The van der Waals surface area contributed by atoms with Crippen LogP contribution >= 0.6 is 0 Å². The third kappa shape index (κ3) is 4.01. The van der Waals surface area contributed by atoms with Gasteiger partial charge in [-0.05, 0) is 37.0 Å². The Balaban J connectivity index is 2.03. The Bertz CT molecular complexity index is 574. The molecule has 0 N–H and O–H groups in total. The largest absolute Gasteiger partial charge is 0.469 e. The lowest BCUT2D eigenvalue weighted by Crippen LogP contribution is -2.32. The van der Waals surface area contributed by atoms with Gasteiger partial charge in [0, 0.05) is 31.4 Å². The fourth-order valence-electron chi connectivity index (χ4n) is 2.61. The number of sulfonamides is 1. The van der Waals surface area contributed by atoms with Gasteiger partial charge in [-0.1, -0.05) is 0 Å². The van der Waals surface area contributed by atoms with Gasteiger partial charge in [0.15, 0.2) is 0 Å². The second kappa shape index (κ2) is 7.00. The zero-order valence-electron chi connectivity index (χ0n) is 12.1. The van der Waals surface area contributed by atoms with Crippen molar-refractivity contribution in [2.75, 3.05) is 19.4 Å². The molecule has 0 saturated carbocycles. The van der Waals surface area contributed by atoms with Crippen molar-refractivity contribution >= 4 is 16.0 Å². The first-order chi connectivity index (χ1) is 10.0. The van der Waals surface area contributed by atoms with Crippen molar-refractivity contribution in [2.24, 2.45) is 0 Å². The number of hydrogen-bond acceptors (Lipinski definition) is 5. The SMILES string of the molecule is COC(=O)CCCS(=O)(=O)N1CCCC1c1ccncc1. The highest BCUT2D eigenvalue weighted by Crippen LogP contribution is 2.34. The molecule has 1 fully saturated rings. The number of hydrogen-bond donors (Lipinski definition) is 0. The molecular weight excluding hydrogens is 292 g/mol. The van der Waals surface area contributed by atoms with Crippen LogP contribution in [0.2, 0.25) is 0 Å². The molecule has 0 aliphatic carbocycles. The molecule has 1 aromatic rings. The molecule has 1 aliphatic heterocycles. The smallest absolute Gasteiger partial charge is 0.305 e. The van der Waals surface area contributed by atoms with E-state index in [0.717, 1.165) is 18.4 Å². The van der Waals surface area contributed by atoms with Crippen LogP contribution in [0.3, 0.4) is 0 Å². The van der Waals surface area contributed by atoms with Crippen LogP contribution in [0.5, 0.6) is 0 Å². The molecule has 1 aromatic heterocycles. The van der Waals surface area contributed by atoms with Crippen molar-refractivity contribution in [2.45, 2.75) is 31.7 Å². The third-order valence-corrected chi connectivity index (χ3v) is 5.62. The van der Waals surface area contributed by atoms with Gasteiger partial charge in [0.05, 0.1) is 12.9 Å². The molecule has 2 heterocycles. The number of methoxy groups -OCH3 is 1. The first kappa shape index (κ1) is 15.9. The number of pyridine rings is 1. The second-order valence-electron chi connectivity index (χ2n) is 5.04. The molecule has 6 nitrogen and oxygen atoms in total. The highest BCUT2D eigenvalue weighted by molar-refractivity contribution is 7.89. The summed E-state index contributed by atoms with van der Waals surface area (Å²) < 4.78 is 31.0. The number of nitrogens with zero attached hydrogens (tertiary/aromatic N) is 2. The Hall–Kier alpha value is -1.47. The Morgan fingerprint density at radius 2 is 2.14 bits per heavy atom. The van der Waals surface area contributed by atoms with Gasteiger partial charge in [0.2, 0.25) is 10.0 Å². The maximum absolute atomic E-state index is 12.4. The monoisotopic (exact) mass is 312 g/mol. The molecule has 1 atom stereocenters. The minimum atomic E-state index is -3.36. The van der Waals surface area contributed by atoms with Crippen molar-refractivity contribution in [3.63, 3.8) is 0 Å². The molecule has 0 bridgehead atoms. The van der Waals surface area contributed by atoms with E-state index in [0.29, 0.717) is 6.54 Å². The van der Waals surface area contributed by atoms with Crippen molar-refractivity contribution in [3.8, 4) is 0 Å². The van der Waals surface area contributed by atoms with Gasteiger partial charge in [-0.2, -0.15) is 4.31 Å². The maximum atomic E-state index is 12.4. The molecule has 1 aliphatic rings. The van der Waals surface area contributed by atoms with E-state index >= 15 is 0 Å². The molecular formula is C14H20N2O4S. The van der Waals surface area contributed by atoms with Crippen molar-refractivity contribution in [1.82, 2.24) is 9.29 Å². The Kier molecular flexibility index (Phi) is 5.30. The summed E-state index contributed by atoms with van der Waals surface area (Å²) in [6.07, 6.45) is 5.44. The molecule has 7 heteroatoms. The quantitative estimate of drug-likeness (QED) is 0.744. The molecule has 0 radical (unpaired) electrons. The minimum absolute atomic E-state index is 0.0241. The van der Waals surface area contributed by atoms with Gasteiger partial charge in [-0.3, -0.25) is 9.78 Å². The predicted octanol–water partition coefficient (Wildman–Crippen LogP) is 1.50. The van der Waals surface area contributed by atoms with Crippen molar-refractivity contribution in [1.29, 1.82) is 0 Å². The number of rotatable bonds is 6. The van der Waals surface area contributed by atoms with Crippen LogP contribution in [0, 0.1) is 0 Å². The van der Waals surface area contributed by atoms with Crippen molar-refractivity contribution < 1.29 is 17.9 Å². The summed E-state index contributed by atoms with van der Waals surface area (Å²) in [5.41, 5.74) is 0.971.